The lowest BCUT2D eigenvalue weighted by molar-refractivity contribution is -0.143. The number of aliphatic hydroxyl groups is 1. The maximum atomic E-state index is 12.2. The number of hydrogen-bond donors (Lipinski definition) is 7. The molecule has 0 aromatic carbocycles. The van der Waals surface area contributed by atoms with Crippen molar-refractivity contribution in [3.63, 3.8) is 0 Å². The fourth-order valence-electron chi connectivity index (χ4n) is 1.89. The predicted molar refractivity (Wildman–Crippen MR) is 86.3 cm³/mol. The zero-order valence-electron chi connectivity index (χ0n) is 14.0. The second-order valence-corrected chi connectivity index (χ2v) is 5.61. The van der Waals surface area contributed by atoms with E-state index in [0.29, 0.717) is 19.4 Å². The Bertz CT molecular complexity index is 484. The lowest BCUT2D eigenvalue weighted by Crippen LogP contribution is -2.56. The van der Waals surface area contributed by atoms with Gasteiger partial charge in [0.2, 0.25) is 11.8 Å². The van der Waals surface area contributed by atoms with Crippen LogP contribution in [-0.2, 0) is 19.2 Å². The summed E-state index contributed by atoms with van der Waals surface area (Å²) < 4.78 is 0. The molecule has 0 aliphatic rings. The van der Waals surface area contributed by atoms with Crippen molar-refractivity contribution in [3.05, 3.63) is 0 Å². The molecule has 4 atom stereocenters. The summed E-state index contributed by atoms with van der Waals surface area (Å²) in [6.07, 6.45) is -0.843. The fraction of sp³-hybridized carbons (Fsp3) is 0.714. The van der Waals surface area contributed by atoms with E-state index in [4.69, 9.17) is 21.7 Å². The van der Waals surface area contributed by atoms with E-state index in [9.17, 15) is 24.3 Å². The third-order valence-corrected chi connectivity index (χ3v) is 3.40. The van der Waals surface area contributed by atoms with Crippen molar-refractivity contribution in [1.82, 2.24) is 10.6 Å². The summed E-state index contributed by atoms with van der Waals surface area (Å²) in [7, 11) is 0. The number of nitrogens with two attached hydrogens (primary N) is 2. The van der Waals surface area contributed by atoms with Crippen molar-refractivity contribution < 1.29 is 34.5 Å². The quantitative estimate of drug-likeness (QED) is 0.181. The molecule has 0 aromatic heterocycles. The van der Waals surface area contributed by atoms with Crippen LogP contribution in [-0.4, -0.2) is 69.8 Å². The van der Waals surface area contributed by atoms with Crippen LogP contribution in [0.3, 0.4) is 0 Å². The van der Waals surface area contributed by atoms with Gasteiger partial charge >= 0.3 is 11.9 Å². The first-order valence-corrected chi connectivity index (χ1v) is 7.79. The third kappa shape index (κ3) is 8.98. The number of carboxylic acids is 2. The standard InChI is InChI=1S/C14H26N4O7/c1-7(19)11(16)13(23)18-9(6-10(20)21)12(22)17-8(14(24)25)4-2-3-5-15/h7-9,11,19H,2-6,15-16H2,1H3,(H,17,22)(H,18,23)(H,20,21)(H,24,25). The number of hydrogen-bond acceptors (Lipinski definition) is 7. The van der Waals surface area contributed by atoms with E-state index in [0.717, 1.165) is 0 Å². The molecule has 144 valence electrons. The normalized spacial score (nSPS) is 15.5. The van der Waals surface area contributed by atoms with Gasteiger partial charge in [0.15, 0.2) is 0 Å². The molecule has 0 aliphatic carbocycles. The minimum absolute atomic E-state index is 0.110. The number of nitrogens with one attached hydrogen (secondary N) is 2. The van der Waals surface area contributed by atoms with Gasteiger partial charge in [-0.25, -0.2) is 4.79 Å². The molecule has 0 heterocycles. The minimum atomic E-state index is -1.52. The van der Waals surface area contributed by atoms with E-state index in [1.807, 2.05) is 0 Å². The maximum Gasteiger partial charge on any atom is 0.326 e. The zero-order chi connectivity index (χ0) is 19.6. The van der Waals surface area contributed by atoms with Gasteiger partial charge in [-0.15, -0.1) is 0 Å². The molecule has 0 saturated carbocycles. The Morgan fingerprint density at radius 1 is 1.00 bits per heavy atom. The van der Waals surface area contributed by atoms with E-state index in [2.05, 4.69) is 10.6 Å². The number of carbonyl (C=O) groups excluding carboxylic acids is 2. The Kier molecular flexibility index (Phi) is 10.3. The van der Waals surface area contributed by atoms with Gasteiger partial charge in [0.1, 0.15) is 18.1 Å². The first-order chi connectivity index (χ1) is 11.6. The summed E-state index contributed by atoms with van der Waals surface area (Å²) in [6.45, 7) is 1.63. The molecule has 0 radical (unpaired) electrons. The van der Waals surface area contributed by atoms with E-state index in [1.54, 1.807) is 0 Å². The van der Waals surface area contributed by atoms with Gasteiger partial charge in [0.25, 0.3) is 0 Å². The first-order valence-electron chi connectivity index (χ1n) is 7.79. The van der Waals surface area contributed by atoms with Crippen molar-refractivity contribution >= 4 is 23.8 Å². The highest BCUT2D eigenvalue weighted by atomic mass is 16.4. The van der Waals surface area contributed by atoms with Crippen LogP contribution in [0.1, 0.15) is 32.6 Å². The van der Waals surface area contributed by atoms with Gasteiger partial charge in [0.05, 0.1) is 12.5 Å². The van der Waals surface area contributed by atoms with Crippen LogP contribution in [0.15, 0.2) is 0 Å². The zero-order valence-corrected chi connectivity index (χ0v) is 14.0. The van der Waals surface area contributed by atoms with E-state index >= 15 is 0 Å². The predicted octanol–water partition coefficient (Wildman–Crippen LogP) is -2.65. The van der Waals surface area contributed by atoms with Crippen molar-refractivity contribution in [3.8, 4) is 0 Å². The lowest BCUT2D eigenvalue weighted by Gasteiger charge is -2.22. The molecule has 0 aliphatic heterocycles. The summed E-state index contributed by atoms with van der Waals surface area (Å²) in [5.74, 6) is -4.55. The van der Waals surface area contributed by atoms with Crippen LogP contribution >= 0.6 is 0 Å². The van der Waals surface area contributed by atoms with Crippen LogP contribution in [0.5, 0.6) is 0 Å². The molecular formula is C14H26N4O7. The number of carbonyl (C=O) groups is 4. The highest BCUT2D eigenvalue weighted by Crippen LogP contribution is 2.03. The molecule has 0 aromatic rings. The Labute approximate surface area is 144 Å². The molecule has 0 rings (SSSR count). The summed E-state index contributed by atoms with van der Waals surface area (Å²) in [6, 6.07) is -4.12. The van der Waals surface area contributed by atoms with Gasteiger partial charge in [-0.3, -0.25) is 14.4 Å². The molecular weight excluding hydrogens is 336 g/mol. The van der Waals surface area contributed by atoms with E-state index < -0.39 is 54.4 Å². The molecule has 2 amide bonds. The van der Waals surface area contributed by atoms with E-state index in [1.165, 1.54) is 6.92 Å². The molecule has 11 heteroatoms. The van der Waals surface area contributed by atoms with Crippen molar-refractivity contribution in [2.75, 3.05) is 6.54 Å². The molecule has 0 spiro atoms. The highest BCUT2D eigenvalue weighted by Gasteiger charge is 2.30. The summed E-state index contributed by atoms with van der Waals surface area (Å²) in [5, 5.41) is 31.6. The fourth-order valence-corrected chi connectivity index (χ4v) is 1.89. The van der Waals surface area contributed by atoms with Gasteiger partial charge in [-0.05, 0) is 32.7 Å². The van der Waals surface area contributed by atoms with Crippen LogP contribution in [0.2, 0.25) is 0 Å². The van der Waals surface area contributed by atoms with Crippen molar-refractivity contribution in [1.29, 1.82) is 0 Å². The second-order valence-electron chi connectivity index (χ2n) is 5.61. The average Bonchev–Trinajstić information content (AvgIpc) is 2.51. The van der Waals surface area contributed by atoms with Crippen molar-refractivity contribution in [2.45, 2.75) is 56.8 Å². The summed E-state index contributed by atoms with van der Waals surface area (Å²) in [4.78, 5) is 46.1. The minimum Gasteiger partial charge on any atom is -0.481 e. The molecule has 0 fully saturated rings. The number of aliphatic carboxylic acids is 2. The molecule has 9 N–H and O–H groups in total. The molecule has 11 nitrogen and oxygen atoms in total. The lowest BCUT2D eigenvalue weighted by atomic mass is 10.1. The topological polar surface area (TPSA) is 205 Å². The van der Waals surface area contributed by atoms with E-state index in [-0.39, 0.29) is 6.42 Å². The Balaban J connectivity index is 4.99. The maximum absolute atomic E-state index is 12.2. The van der Waals surface area contributed by atoms with Gasteiger partial charge < -0.3 is 37.4 Å². The number of aliphatic hydroxyl groups excluding tert-OH is 1. The molecule has 25 heavy (non-hydrogen) atoms. The first kappa shape index (κ1) is 22.8. The Morgan fingerprint density at radius 2 is 1.56 bits per heavy atom. The molecule has 0 bridgehead atoms. The van der Waals surface area contributed by atoms with Crippen molar-refractivity contribution in [2.24, 2.45) is 11.5 Å². The third-order valence-electron chi connectivity index (χ3n) is 3.40. The Morgan fingerprint density at radius 3 is 2.00 bits per heavy atom. The SMILES string of the molecule is CC(O)C(N)C(=O)NC(CC(=O)O)C(=O)NC(CCCCN)C(=O)O. The van der Waals surface area contributed by atoms with Crippen LogP contribution in [0.25, 0.3) is 0 Å². The molecule has 4 unspecified atom stereocenters. The number of carboxylic acid groups (broad SMARTS) is 2. The largest absolute Gasteiger partial charge is 0.481 e. The highest BCUT2D eigenvalue weighted by molar-refractivity contribution is 5.94. The second kappa shape index (κ2) is 11.3. The molecule has 0 saturated heterocycles. The summed E-state index contributed by atoms with van der Waals surface area (Å²) >= 11 is 0. The number of unbranched alkanes of at least 4 members (excludes halogenated alkanes) is 1. The smallest absolute Gasteiger partial charge is 0.326 e. The monoisotopic (exact) mass is 362 g/mol. The average molecular weight is 362 g/mol. The number of rotatable bonds is 12. The van der Waals surface area contributed by atoms with Crippen LogP contribution in [0.4, 0.5) is 0 Å². The van der Waals surface area contributed by atoms with Crippen LogP contribution in [0, 0.1) is 0 Å². The Hall–Kier alpha value is -2.24. The van der Waals surface area contributed by atoms with Crippen LogP contribution < -0.4 is 22.1 Å². The van der Waals surface area contributed by atoms with Gasteiger partial charge in [0, 0.05) is 0 Å². The number of amides is 2. The van der Waals surface area contributed by atoms with Gasteiger partial charge in [-0.2, -0.15) is 0 Å². The summed E-state index contributed by atoms with van der Waals surface area (Å²) in [5.41, 5.74) is 10.7. The van der Waals surface area contributed by atoms with Gasteiger partial charge in [-0.1, -0.05) is 0 Å².